The molecule has 16 heavy (non-hydrogen) atoms. The van der Waals surface area contributed by atoms with Crippen molar-refractivity contribution in [1.82, 2.24) is 0 Å². The summed E-state index contributed by atoms with van der Waals surface area (Å²) in [7, 11) is 1.41. The molecule has 0 atom stereocenters. The summed E-state index contributed by atoms with van der Waals surface area (Å²) in [5.41, 5.74) is 8.29. The number of fused-ring (bicyclic) bond motifs is 1. The third-order valence-electron chi connectivity index (χ3n) is 3.91. The maximum Gasteiger partial charge on any atom is 0.341 e. The van der Waals surface area contributed by atoms with Crippen LogP contribution in [0.1, 0.15) is 40.1 Å². The smallest absolute Gasteiger partial charge is 0.341 e. The van der Waals surface area contributed by atoms with E-state index in [1.54, 1.807) is 11.3 Å². The number of anilines is 1. The van der Waals surface area contributed by atoms with Crippen LogP contribution in [0.3, 0.4) is 0 Å². The van der Waals surface area contributed by atoms with E-state index in [-0.39, 0.29) is 5.97 Å². The van der Waals surface area contributed by atoms with E-state index in [0.717, 1.165) is 18.4 Å². The van der Waals surface area contributed by atoms with E-state index in [1.165, 1.54) is 31.2 Å². The van der Waals surface area contributed by atoms with Gasteiger partial charge in [-0.25, -0.2) is 4.79 Å². The van der Waals surface area contributed by atoms with Crippen LogP contribution in [0.25, 0.3) is 0 Å². The summed E-state index contributed by atoms with van der Waals surface area (Å²) in [5.74, 6) is -0.276. The molecule has 2 aliphatic rings. The quantitative estimate of drug-likeness (QED) is 0.763. The zero-order chi connectivity index (χ0) is 11.3. The normalized spacial score (nSPS) is 20.6. The number of carbonyl (C=O) groups is 1. The molecule has 1 fully saturated rings. The summed E-state index contributed by atoms with van der Waals surface area (Å²) < 4.78 is 4.80. The number of ether oxygens (including phenoxy) is 1. The zero-order valence-electron chi connectivity index (χ0n) is 9.34. The van der Waals surface area contributed by atoms with E-state index in [4.69, 9.17) is 10.5 Å². The standard InChI is InChI=1S/C12H15NO2S/c1-15-11(14)9-7-2-3-12(4-5-12)6-8(7)16-10(9)13/h2-6,13H2,1H3. The topological polar surface area (TPSA) is 52.3 Å². The van der Waals surface area contributed by atoms with E-state index in [0.29, 0.717) is 16.0 Å². The molecule has 1 aromatic heterocycles. The van der Waals surface area contributed by atoms with Gasteiger partial charge in [0.15, 0.2) is 0 Å². The number of carbonyl (C=O) groups excluding carboxylic acids is 1. The van der Waals surface area contributed by atoms with E-state index in [1.807, 2.05) is 0 Å². The fourth-order valence-electron chi connectivity index (χ4n) is 2.69. The Morgan fingerprint density at radius 1 is 1.44 bits per heavy atom. The highest BCUT2D eigenvalue weighted by Gasteiger charge is 2.46. The maximum atomic E-state index is 11.6. The van der Waals surface area contributed by atoms with Gasteiger partial charge in [-0.15, -0.1) is 11.3 Å². The van der Waals surface area contributed by atoms with Crippen LogP contribution in [0.5, 0.6) is 0 Å². The van der Waals surface area contributed by atoms with Crippen LogP contribution in [-0.2, 0) is 17.6 Å². The molecule has 0 amide bonds. The number of methoxy groups -OCH3 is 1. The molecule has 0 aliphatic heterocycles. The second-order valence-corrected chi connectivity index (χ2v) is 6.05. The summed E-state index contributed by atoms with van der Waals surface area (Å²) in [6.45, 7) is 0. The lowest BCUT2D eigenvalue weighted by Crippen LogP contribution is -2.15. The van der Waals surface area contributed by atoms with Crippen LogP contribution in [0.4, 0.5) is 5.00 Å². The van der Waals surface area contributed by atoms with Crippen molar-refractivity contribution >= 4 is 22.3 Å². The van der Waals surface area contributed by atoms with Crippen molar-refractivity contribution in [2.45, 2.75) is 32.1 Å². The molecule has 4 heteroatoms. The van der Waals surface area contributed by atoms with E-state index in [2.05, 4.69) is 0 Å². The van der Waals surface area contributed by atoms with Gasteiger partial charge in [0.05, 0.1) is 12.7 Å². The minimum Gasteiger partial charge on any atom is -0.465 e. The Hall–Kier alpha value is -1.03. The third-order valence-corrected chi connectivity index (χ3v) is 4.97. The van der Waals surface area contributed by atoms with Crippen LogP contribution in [0.2, 0.25) is 0 Å². The number of nitrogen functional groups attached to an aromatic ring is 1. The minimum atomic E-state index is -0.276. The zero-order valence-corrected chi connectivity index (χ0v) is 10.2. The second kappa shape index (κ2) is 3.23. The van der Waals surface area contributed by atoms with Crippen LogP contribution in [0, 0.1) is 5.41 Å². The molecule has 1 spiro atoms. The highest BCUT2D eigenvalue weighted by molar-refractivity contribution is 7.16. The number of hydrogen-bond acceptors (Lipinski definition) is 4. The molecule has 0 saturated heterocycles. The van der Waals surface area contributed by atoms with Crippen molar-refractivity contribution in [1.29, 1.82) is 0 Å². The minimum absolute atomic E-state index is 0.276. The average Bonchev–Trinajstić information content (AvgIpc) is 2.92. The third kappa shape index (κ3) is 1.36. The van der Waals surface area contributed by atoms with E-state index < -0.39 is 0 Å². The lowest BCUT2D eigenvalue weighted by atomic mass is 9.85. The lowest BCUT2D eigenvalue weighted by Gasteiger charge is -2.21. The van der Waals surface area contributed by atoms with Crippen molar-refractivity contribution < 1.29 is 9.53 Å². The summed E-state index contributed by atoms with van der Waals surface area (Å²) in [6, 6.07) is 0. The molecule has 1 saturated carbocycles. The van der Waals surface area contributed by atoms with Gasteiger partial charge < -0.3 is 10.5 Å². The van der Waals surface area contributed by atoms with Gasteiger partial charge in [-0.05, 0) is 43.1 Å². The molecule has 0 bridgehead atoms. The summed E-state index contributed by atoms with van der Waals surface area (Å²) in [5, 5.41) is 0.634. The van der Waals surface area contributed by atoms with Gasteiger partial charge in [0.1, 0.15) is 5.00 Å². The molecule has 0 unspecified atom stereocenters. The molecule has 86 valence electrons. The first-order valence-electron chi connectivity index (χ1n) is 5.63. The van der Waals surface area contributed by atoms with Crippen LogP contribution < -0.4 is 5.73 Å². The first-order valence-corrected chi connectivity index (χ1v) is 6.45. The Morgan fingerprint density at radius 2 is 2.19 bits per heavy atom. The Bertz CT molecular complexity index is 460. The Labute approximate surface area is 98.6 Å². The second-order valence-electron chi connectivity index (χ2n) is 4.91. The predicted octanol–water partition coefficient (Wildman–Crippen LogP) is 2.39. The molecule has 0 radical (unpaired) electrons. The summed E-state index contributed by atoms with van der Waals surface area (Å²) >= 11 is 1.58. The molecule has 3 nitrogen and oxygen atoms in total. The molecular weight excluding hydrogens is 222 g/mol. The summed E-state index contributed by atoms with van der Waals surface area (Å²) in [6.07, 6.45) is 6.01. The Kier molecular flexibility index (Phi) is 2.05. The van der Waals surface area contributed by atoms with Gasteiger partial charge in [0.25, 0.3) is 0 Å². The van der Waals surface area contributed by atoms with Crippen molar-refractivity contribution in [3.8, 4) is 0 Å². The van der Waals surface area contributed by atoms with Crippen molar-refractivity contribution in [2.24, 2.45) is 5.41 Å². The van der Waals surface area contributed by atoms with Crippen molar-refractivity contribution in [3.63, 3.8) is 0 Å². The predicted molar refractivity (Wildman–Crippen MR) is 63.8 cm³/mol. The van der Waals surface area contributed by atoms with E-state index in [9.17, 15) is 4.79 Å². The number of thiophene rings is 1. The van der Waals surface area contributed by atoms with Crippen molar-refractivity contribution in [3.05, 3.63) is 16.0 Å². The molecule has 1 heterocycles. The van der Waals surface area contributed by atoms with Gasteiger partial charge in [0.2, 0.25) is 0 Å². The molecular formula is C12H15NO2S. The van der Waals surface area contributed by atoms with Gasteiger partial charge in [-0.1, -0.05) is 0 Å². The lowest BCUT2D eigenvalue weighted by molar-refractivity contribution is 0.0600. The average molecular weight is 237 g/mol. The monoisotopic (exact) mass is 237 g/mol. The van der Waals surface area contributed by atoms with Gasteiger partial charge in [0, 0.05) is 4.88 Å². The Morgan fingerprint density at radius 3 is 2.81 bits per heavy atom. The van der Waals surface area contributed by atoms with Crippen LogP contribution in [0.15, 0.2) is 0 Å². The summed E-state index contributed by atoms with van der Waals surface area (Å²) in [4.78, 5) is 13.0. The van der Waals surface area contributed by atoms with Gasteiger partial charge >= 0.3 is 5.97 Å². The fourth-order valence-corrected chi connectivity index (χ4v) is 3.97. The largest absolute Gasteiger partial charge is 0.465 e. The Balaban J connectivity index is 2.02. The first kappa shape index (κ1) is 10.1. The van der Waals surface area contributed by atoms with Crippen LogP contribution >= 0.6 is 11.3 Å². The SMILES string of the molecule is COC(=O)c1c(N)sc2c1CCC1(CC1)C2. The highest BCUT2D eigenvalue weighted by Crippen LogP contribution is 2.56. The molecule has 0 aromatic carbocycles. The maximum absolute atomic E-state index is 11.6. The number of esters is 1. The van der Waals surface area contributed by atoms with Crippen molar-refractivity contribution in [2.75, 3.05) is 12.8 Å². The first-order chi connectivity index (χ1) is 7.65. The molecule has 1 aromatic rings. The number of hydrogen-bond donors (Lipinski definition) is 1. The highest BCUT2D eigenvalue weighted by atomic mass is 32.1. The molecule has 2 N–H and O–H groups in total. The van der Waals surface area contributed by atoms with Crippen LogP contribution in [-0.4, -0.2) is 13.1 Å². The number of rotatable bonds is 1. The van der Waals surface area contributed by atoms with Gasteiger partial charge in [-0.2, -0.15) is 0 Å². The van der Waals surface area contributed by atoms with E-state index >= 15 is 0 Å². The molecule has 2 aliphatic carbocycles. The number of nitrogens with two attached hydrogens (primary N) is 1. The van der Waals surface area contributed by atoms with Gasteiger partial charge in [-0.3, -0.25) is 0 Å². The molecule has 3 rings (SSSR count). The fraction of sp³-hybridized carbons (Fsp3) is 0.583.